The Morgan fingerprint density at radius 2 is 2.03 bits per heavy atom. The SMILES string of the molecule is CN=C(NCCCN1C(=O)COc2ccccc21)N1CCC(CN2CCCC2)C1.I. The van der Waals surface area contributed by atoms with Gasteiger partial charge in [0.1, 0.15) is 5.75 Å². The van der Waals surface area contributed by atoms with Gasteiger partial charge in [-0.3, -0.25) is 9.79 Å². The van der Waals surface area contributed by atoms with Crippen molar-refractivity contribution in [1.29, 1.82) is 0 Å². The van der Waals surface area contributed by atoms with Crippen molar-refractivity contribution < 1.29 is 9.53 Å². The van der Waals surface area contributed by atoms with Crippen molar-refractivity contribution in [2.45, 2.75) is 25.7 Å². The topological polar surface area (TPSA) is 60.4 Å². The Kier molecular flexibility index (Phi) is 8.61. The number of likely N-dealkylation sites (tertiary alicyclic amines) is 2. The molecule has 0 aliphatic carbocycles. The first-order chi connectivity index (χ1) is 14.2. The van der Waals surface area contributed by atoms with E-state index >= 15 is 0 Å². The van der Waals surface area contributed by atoms with E-state index in [0.717, 1.165) is 49.4 Å². The van der Waals surface area contributed by atoms with Crippen LogP contribution in [0.25, 0.3) is 0 Å². The maximum atomic E-state index is 12.3. The number of halogens is 1. The lowest BCUT2D eigenvalue weighted by molar-refractivity contribution is -0.121. The molecule has 1 aromatic carbocycles. The monoisotopic (exact) mass is 527 g/mol. The second-order valence-corrected chi connectivity index (χ2v) is 8.24. The number of ether oxygens (including phenoxy) is 1. The minimum Gasteiger partial charge on any atom is -0.482 e. The van der Waals surface area contributed by atoms with E-state index in [1.165, 1.54) is 38.9 Å². The van der Waals surface area contributed by atoms with E-state index < -0.39 is 0 Å². The number of hydrogen-bond acceptors (Lipinski definition) is 4. The highest BCUT2D eigenvalue weighted by Crippen LogP contribution is 2.31. The van der Waals surface area contributed by atoms with Crippen LogP contribution in [0.3, 0.4) is 0 Å². The Morgan fingerprint density at radius 3 is 2.83 bits per heavy atom. The molecule has 0 aromatic heterocycles. The second kappa shape index (κ2) is 11.2. The maximum absolute atomic E-state index is 12.3. The molecule has 3 aliphatic rings. The highest BCUT2D eigenvalue weighted by atomic mass is 127. The number of hydrogen-bond donors (Lipinski definition) is 1. The summed E-state index contributed by atoms with van der Waals surface area (Å²) in [6.07, 6.45) is 4.83. The van der Waals surface area contributed by atoms with E-state index in [1.54, 1.807) is 0 Å². The first kappa shape index (κ1) is 23.1. The third-order valence-corrected chi connectivity index (χ3v) is 6.16. The van der Waals surface area contributed by atoms with E-state index in [9.17, 15) is 4.79 Å². The quantitative estimate of drug-likeness (QED) is 0.267. The minimum absolute atomic E-state index is 0. The number of aliphatic imine (C=N–C) groups is 1. The molecule has 8 heteroatoms. The largest absolute Gasteiger partial charge is 0.482 e. The Balaban J connectivity index is 0.00000256. The number of fused-ring (bicyclic) bond motifs is 1. The predicted molar refractivity (Wildman–Crippen MR) is 131 cm³/mol. The number of carbonyl (C=O) groups is 1. The van der Waals surface area contributed by atoms with Gasteiger partial charge in [-0.2, -0.15) is 0 Å². The van der Waals surface area contributed by atoms with Crippen LogP contribution in [-0.4, -0.2) is 81.1 Å². The fourth-order valence-corrected chi connectivity index (χ4v) is 4.67. The van der Waals surface area contributed by atoms with Gasteiger partial charge in [-0.15, -0.1) is 24.0 Å². The predicted octanol–water partition coefficient (Wildman–Crippen LogP) is 2.41. The molecule has 3 aliphatic heterocycles. The molecule has 7 nitrogen and oxygen atoms in total. The first-order valence-electron chi connectivity index (χ1n) is 10.9. The zero-order valence-electron chi connectivity index (χ0n) is 17.9. The molecule has 0 spiro atoms. The normalized spacial score (nSPS) is 22.0. The highest BCUT2D eigenvalue weighted by Gasteiger charge is 2.28. The maximum Gasteiger partial charge on any atom is 0.265 e. The van der Waals surface area contributed by atoms with Gasteiger partial charge >= 0.3 is 0 Å². The van der Waals surface area contributed by atoms with Gasteiger partial charge in [0.15, 0.2) is 12.6 Å². The summed E-state index contributed by atoms with van der Waals surface area (Å²) in [5.74, 6) is 2.55. The van der Waals surface area contributed by atoms with Gasteiger partial charge in [-0.1, -0.05) is 12.1 Å². The summed E-state index contributed by atoms with van der Waals surface area (Å²) < 4.78 is 5.52. The summed E-state index contributed by atoms with van der Waals surface area (Å²) in [7, 11) is 1.86. The van der Waals surface area contributed by atoms with Crippen LogP contribution in [0.5, 0.6) is 5.75 Å². The van der Waals surface area contributed by atoms with Crippen molar-refractivity contribution in [3.63, 3.8) is 0 Å². The van der Waals surface area contributed by atoms with Crippen LogP contribution in [0, 0.1) is 5.92 Å². The molecule has 2 fully saturated rings. The molecule has 2 saturated heterocycles. The molecule has 1 unspecified atom stereocenters. The van der Waals surface area contributed by atoms with Crippen LogP contribution in [0.2, 0.25) is 0 Å². The summed E-state index contributed by atoms with van der Waals surface area (Å²) in [5, 5.41) is 3.50. The van der Waals surface area contributed by atoms with Crippen molar-refractivity contribution >= 4 is 41.5 Å². The lowest BCUT2D eigenvalue weighted by Gasteiger charge is -2.29. The van der Waals surface area contributed by atoms with E-state index in [0.29, 0.717) is 6.54 Å². The van der Waals surface area contributed by atoms with Gasteiger partial charge in [-0.25, -0.2) is 0 Å². The highest BCUT2D eigenvalue weighted by molar-refractivity contribution is 14.0. The molecular formula is C22H34IN5O2. The first-order valence-corrected chi connectivity index (χ1v) is 10.9. The molecule has 0 saturated carbocycles. The summed E-state index contributed by atoms with van der Waals surface area (Å²) in [6, 6.07) is 7.75. The molecule has 30 heavy (non-hydrogen) atoms. The van der Waals surface area contributed by atoms with Gasteiger partial charge in [0.05, 0.1) is 5.69 Å². The Morgan fingerprint density at radius 1 is 1.23 bits per heavy atom. The number of para-hydroxylation sites is 2. The zero-order chi connectivity index (χ0) is 20.1. The summed E-state index contributed by atoms with van der Waals surface area (Å²) in [6.45, 7) is 7.54. The lowest BCUT2D eigenvalue weighted by atomic mass is 10.1. The number of rotatable bonds is 6. The fourth-order valence-electron chi connectivity index (χ4n) is 4.67. The molecule has 1 aromatic rings. The summed E-state index contributed by atoms with van der Waals surface area (Å²) in [5.41, 5.74) is 0.873. The van der Waals surface area contributed by atoms with Crippen LogP contribution >= 0.6 is 24.0 Å². The number of carbonyl (C=O) groups excluding carboxylic acids is 1. The summed E-state index contributed by atoms with van der Waals surface area (Å²) >= 11 is 0. The lowest BCUT2D eigenvalue weighted by Crippen LogP contribution is -2.43. The fraction of sp³-hybridized carbons (Fsp3) is 0.636. The number of guanidine groups is 1. The second-order valence-electron chi connectivity index (χ2n) is 8.24. The molecule has 1 N–H and O–H groups in total. The van der Waals surface area contributed by atoms with E-state index in [4.69, 9.17) is 4.74 Å². The van der Waals surface area contributed by atoms with Gasteiger partial charge in [-0.05, 0) is 56.8 Å². The average Bonchev–Trinajstić information content (AvgIpc) is 3.42. The molecule has 0 radical (unpaired) electrons. The standard InChI is InChI=1S/C22H33N5O2.HI/c1-23-22(26-14-9-18(16-26)15-25-11-4-5-12-25)24-10-6-13-27-19-7-2-3-8-20(19)29-17-21(27)28;/h2-3,7-8,18H,4-6,9-17H2,1H3,(H,23,24);1H. The number of nitrogens with one attached hydrogen (secondary N) is 1. The van der Waals surface area contributed by atoms with Crippen molar-refractivity contribution in [3.8, 4) is 5.75 Å². The molecule has 3 heterocycles. The Hall–Kier alpha value is -1.55. The number of benzene rings is 1. The Bertz CT molecular complexity index is 738. The molecule has 1 atom stereocenters. The van der Waals surface area contributed by atoms with E-state index in [-0.39, 0.29) is 36.5 Å². The number of amides is 1. The average molecular weight is 527 g/mol. The van der Waals surface area contributed by atoms with Gasteiger partial charge < -0.3 is 24.8 Å². The molecule has 4 rings (SSSR count). The van der Waals surface area contributed by atoms with Gasteiger partial charge in [0.2, 0.25) is 0 Å². The van der Waals surface area contributed by atoms with Crippen LogP contribution in [-0.2, 0) is 4.79 Å². The third kappa shape index (κ3) is 5.57. The third-order valence-electron chi connectivity index (χ3n) is 6.16. The van der Waals surface area contributed by atoms with Gasteiger partial charge in [0.25, 0.3) is 5.91 Å². The summed E-state index contributed by atoms with van der Waals surface area (Å²) in [4.78, 5) is 23.6. The van der Waals surface area contributed by atoms with Crippen LogP contribution in [0.1, 0.15) is 25.7 Å². The molecule has 0 bridgehead atoms. The minimum atomic E-state index is 0. The Labute approximate surface area is 196 Å². The van der Waals surface area contributed by atoms with Crippen LogP contribution in [0.15, 0.2) is 29.3 Å². The zero-order valence-corrected chi connectivity index (χ0v) is 20.2. The number of nitrogens with zero attached hydrogens (tertiary/aromatic N) is 4. The van der Waals surface area contributed by atoms with Crippen LogP contribution in [0.4, 0.5) is 5.69 Å². The van der Waals surface area contributed by atoms with Crippen molar-refractivity contribution in [3.05, 3.63) is 24.3 Å². The van der Waals surface area contributed by atoms with Crippen molar-refractivity contribution in [1.82, 2.24) is 15.1 Å². The number of anilines is 1. The molecule has 1 amide bonds. The van der Waals surface area contributed by atoms with Crippen molar-refractivity contribution in [2.24, 2.45) is 10.9 Å². The van der Waals surface area contributed by atoms with Crippen molar-refractivity contribution in [2.75, 3.05) is 64.4 Å². The van der Waals surface area contributed by atoms with Gasteiger partial charge in [0, 0.05) is 39.8 Å². The molecular weight excluding hydrogens is 493 g/mol. The molecule has 166 valence electrons. The smallest absolute Gasteiger partial charge is 0.265 e. The van der Waals surface area contributed by atoms with Crippen LogP contribution < -0.4 is 15.0 Å². The van der Waals surface area contributed by atoms with E-state index in [1.807, 2.05) is 36.2 Å². The van der Waals surface area contributed by atoms with E-state index in [2.05, 4.69) is 20.1 Å².